The van der Waals surface area contributed by atoms with Crippen molar-refractivity contribution in [3.8, 4) is 6.07 Å². The molecule has 0 aliphatic carbocycles. The molecular formula is C17H26N2S. The lowest BCUT2D eigenvalue weighted by Crippen LogP contribution is -2.42. The van der Waals surface area contributed by atoms with Crippen LogP contribution in [0.2, 0.25) is 0 Å². The molecule has 1 aromatic carbocycles. The quantitative estimate of drug-likeness (QED) is 0.735. The minimum atomic E-state index is -0.544. The highest BCUT2D eigenvalue weighted by Crippen LogP contribution is 2.28. The van der Waals surface area contributed by atoms with E-state index < -0.39 is 5.54 Å². The number of nitrogens with zero attached hydrogens (tertiary/aromatic N) is 1. The zero-order chi connectivity index (χ0) is 14.8. The third-order valence-corrected chi connectivity index (χ3v) is 4.93. The van der Waals surface area contributed by atoms with Gasteiger partial charge in [-0.1, -0.05) is 51.1 Å². The largest absolute Gasteiger partial charge is 0.296 e. The molecule has 0 aliphatic rings. The molecule has 0 amide bonds. The fourth-order valence-electron chi connectivity index (χ4n) is 2.09. The summed E-state index contributed by atoms with van der Waals surface area (Å²) in [4.78, 5) is 0. The SMILES string of the molecule is CCCNC(C#N)(CCSC(C)CC)c1ccccc1. The van der Waals surface area contributed by atoms with Crippen LogP contribution in [0.1, 0.15) is 45.6 Å². The maximum atomic E-state index is 9.76. The number of nitrogens with one attached hydrogen (secondary N) is 1. The fraction of sp³-hybridized carbons (Fsp3) is 0.588. The van der Waals surface area contributed by atoms with Gasteiger partial charge in [0, 0.05) is 5.25 Å². The summed E-state index contributed by atoms with van der Waals surface area (Å²) in [6.45, 7) is 7.47. The molecule has 0 aliphatic heterocycles. The van der Waals surface area contributed by atoms with Gasteiger partial charge in [-0.2, -0.15) is 17.0 Å². The van der Waals surface area contributed by atoms with Gasteiger partial charge in [0.25, 0.3) is 0 Å². The summed E-state index contributed by atoms with van der Waals surface area (Å²) in [5.74, 6) is 1.01. The molecule has 1 rings (SSSR count). The number of hydrogen-bond donors (Lipinski definition) is 1. The van der Waals surface area contributed by atoms with Crippen molar-refractivity contribution in [1.82, 2.24) is 5.32 Å². The molecule has 1 aromatic rings. The second-order valence-electron chi connectivity index (χ2n) is 5.15. The molecule has 0 spiro atoms. The third-order valence-electron chi connectivity index (χ3n) is 3.59. The first-order valence-corrected chi connectivity index (χ1v) is 8.56. The first kappa shape index (κ1) is 17.1. The molecule has 0 heterocycles. The van der Waals surface area contributed by atoms with E-state index in [0.717, 1.165) is 30.7 Å². The monoisotopic (exact) mass is 290 g/mol. The van der Waals surface area contributed by atoms with Crippen molar-refractivity contribution in [3.63, 3.8) is 0 Å². The molecule has 0 aromatic heterocycles. The minimum Gasteiger partial charge on any atom is -0.296 e. The maximum absolute atomic E-state index is 9.76. The summed E-state index contributed by atoms with van der Waals surface area (Å²) >= 11 is 1.96. The van der Waals surface area contributed by atoms with Crippen molar-refractivity contribution in [2.75, 3.05) is 12.3 Å². The van der Waals surface area contributed by atoms with Crippen LogP contribution < -0.4 is 5.32 Å². The van der Waals surface area contributed by atoms with Crippen LogP contribution in [-0.4, -0.2) is 17.5 Å². The van der Waals surface area contributed by atoms with E-state index in [-0.39, 0.29) is 0 Å². The Morgan fingerprint density at radius 3 is 2.55 bits per heavy atom. The van der Waals surface area contributed by atoms with E-state index in [1.807, 2.05) is 30.0 Å². The van der Waals surface area contributed by atoms with E-state index in [9.17, 15) is 5.26 Å². The van der Waals surface area contributed by atoms with E-state index in [1.165, 1.54) is 6.42 Å². The Morgan fingerprint density at radius 1 is 1.30 bits per heavy atom. The van der Waals surface area contributed by atoms with Crippen LogP contribution >= 0.6 is 11.8 Å². The fourth-order valence-corrected chi connectivity index (χ4v) is 3.15. The van der Waals surface area contributed by atoms with Crippen LogP contribution in [0.5, 0.6) is 0 Å². The molecule has 2 nitrogen and oxygen atoms in total. The van der Waals surface area contributed by atoms with Crippen molar-refractivity contribution in [2.45, 2.75) is 50.8 Å². The van der Waals surface area contributed by atoms with Gasteiger partial charge in [-0.25, -0.2) is 0 Å². The summed E-state index contributed by atoms with van der Waals surface area (Å²) in [6.07, 6.45) is 3.06. The molecule has 0 fully saturated rings. The first-order chi connectivity index (χ1) is 9.68. The maximum Gasteiger partial charge on any atom is 0.133 e. The van der Waals surface area contributed by atoms with Gasteiger partial charge in [0.05, 0.1) is 6.07 Å². The van der Waals surface area contributed by atoms with Crippen LogP contribution in [0, 0.1) is 11.3 Å². The van der Waals surface area contributed by atoms with Gasteiger partial charge in [-0.05, 0) is 37.1 Å². The predicted molar refractivity (Wildman–Crippen MR) is 88.9 cm³/mol. The van der Waals surface area contributed by atoms with Crippen molar-refractivity contribution in [3.05, 3.63) is 35.9 Å². The minimum absolute atomic E-state index is 0.544. The van der Waals surface area contributed by atoms with Crippen LogP contribution in [0.4, 0.5) is 0 Å². The molecule has 2 unspecified atom stereocenters. The van der Waals surface area contributed by atoms with Crippen molar-refractivity contribution in [2.24, 2.45) is 0 Å². The highest BCUT2D eigenvalue weighted by Gasteiger charge is 2.31. The second-order valence-corrected chi connectivity index (χ2v) is 6.70. The highest BCUT2D eigenvalue weighted by molar-refractivity contribution is 7.99. The number of hydrogen-bond acceptors (Lipinski definition) is 3. The zero-order valence-corrected chi connectivity index (χ0v) is 13.7. The first-order valence-electron chi connectivity index (χ1n) is 7.52. The topological polar surface area (TPSA) is 35.8 Å². The standard InChI is InChI=1S/C17H26N2S/c1-4-12-19-17(14-18,11-13-20-15(3)5-2)16-9-7-6-8-10-16/h6-10,15,19H,4-5,11-13H2,1-3H3. The van der Waals surface area contributed by atoms with Gasteiger partial charge in [-0.15, -0.1) is 0 Å². The molecule has 0 saturated heterocycles. The van der Waals surface area contributed by atoms with Gasteiger partial charge in [0.1, 0.15) is 5.54 Å². The molecule has 110 valence electrons. The summed E-state index contributed by atoms with van der Waals surface area (Å²) in [7, 11) is 0. The predicted octanol–water partition coefficient (Wildman–Crippen LogP) is 4.33. The highest BCUT2D eigenvalue weighted by atomic mass is 32.2. The van der Waals surface area contributed by atoms with Crippen LogP contribution in [0.25, 0.3) is 0 Å². The number of benzene rings is 1. The molecule has 1 N–H and O–H groups in total. The van der Waals surface area contributed by atoms with Crippen molar-refractivity contribution < 1.29 is 0 Å². The smallest absolute Gasteiger partial charge is 0.133 e. The number of thioether (sulfide) groups is 1. The molecule has 2 atom stereocenters. The normalized spacial score (nSPS) is 15.3. The van der Waals surface area contributed by atoms with Crippen LogP contribution in [0.15, 0.2) is 30.3 Å². The van der Waals surface area contributed by atoms with E-state index in [1.54, 1.807) is 0 Å². The molecule has 3 heteroatoms. The molecule has 0 radical (unpaired) electrons. The lowest BCUT2D eigenvalue weighted by molar-refractivity contribution is 0.416. The van der Waals surface area contributed by atoms with Crippen LogP contribution in [-0.2, 0) is 5.54 Å². The van der Waals surface area contributed by atoms with E-state index in [2.05, 4.69) is 44.3 Å². The lowest BCUT2D eigenvalue weighted by atomic mass is 9.88. The Bertz CT molecular complexity index is 413. The van der Waals surface area contributed by atoms with E-state index in [0.29, 0.717) is 5.25 Å². The summed E-state index contributed by atoms with van der Waals surface area (Å²) in [5, 5.41) is 13.9. The molecular weight excluding hydrogens is 264 g/mol. The molecule has 0 saturated carbocycles. The van der Waals surface area contributed by atoms with Gasteiger partial charge in [-0.3, -0.25) is 5.32 Å². The second kappa shape index (κ2) is 9.05. The average Bonchev–Trinajstić information content (AvgIpc) is 2.51. The summed E-state index contributed by atoms with van der Waals surface area (Å²) < 4.78 is 0. The lowest BCUT2D eigenvalue weighted by Gasteiger charge is -2.29. The summed E-state index contributed by atoms with van der Waals surface area (Å²) in [6, 6.07) is 12.7. The van der Waals surface area contributed by atoms with Crippen LogP contribution in [0.3, 0.4) is 0 Å². The average molecular weight is 290 g/mol. The van der Waals surface area contributed by atoms with E-state index in [4.69, 9.17) is 0 Å². The third kappa shape index (κ3) is 4.85. The van der Waals surface area contributed by atoms with E-state index >= 15 is 0 Å². The van der Waals surface area contributed by atoms with Gasteiger partial charge in [0.2, 0.25) is 0 Å². The van der Waals surface area contributed by atoms with Crippen molar-refractivity contribution >= 4 is 11.8 Å². The number of rotatable bonds is 9. The molecule has 20 heavy (non-hydrogen) atoms. The molecule has 0 bridgehead atoms. The van der Waals surface area contributed by atoms with Gasteiger partial charge in [0.15, 0.2) is 0 Å². The summed E-state index contributed by atoms with van der Waals surface area (Å²) in [5.41, 5.74) is 0.540. The Balaban J connectivity index is 2.81. The van der Waals surface area contributed by atoms with Crippen molar-refractivity contribution in [1.29, 1.82) is 5.26 Å². The number of nitriles is 1. The zero-order valence-electron chi connectivity index (χ0n) is 12.9. The Hall–Kier alpha value is -0.980. The Kier molecular flexibility index (Phi) is 7.72. The van der Waals surface area contributed by atoms with Gasteiger partial charge >= 0.3 is 0 Å². The Morgan fingerprint density at radius 2 is 2.00 bits per heavy atom. The Labute approximate surface area is 128 Å². The van der Waals surface area contributed by atoms with Gasteiger partial charge < -0.3 is 0 Å².